The molecule has 0 unspecified atom stereocenters. The van der Waals surface area contributed by atoms with Gasteiger partial charge in [0.25, 0.3) is 0 Å². The first-order chi connectivity index (χ1) is 9.21. The molecule has 0 saturated carbocycles. The number of rotatable bonds is 2. The third-order valence-corrected chi connectivity index (χ3v) is 2.95. The summed E-state index contributed by atoms with van der Waals surface area (Å²) in [5, 5.41) is 13.8. The molecule has 0 aliphatic rings. The van der Waals surface area contributed by atoms with Gasteiger partial charge in [-0.05, 0) is 32.9 Å². The van der Waals surface area contributed by atoms with E-state index in [1.807, 2.05) is 20.8 Å². The molecule has 106 valence electrons. The van der Waals surface area contributed by atoms with Gasteiger partial charge in [0.1, 0.15) is 17.1 Å². The summed E-state index contributed by atoms with van der Waals surface area (Å²) in [6.45, 7) is 5.73. The normalized spacial score (nSPS) is 11.6. The molecular formula is C14H18N4O2. The lowest BCUT2D eigenvalue weighted by Gasteiger charge is -2.20. The van der Waals surface area contributed by atoms with Crippen LogP contribution in [0.5, 0.6) is 0 Å². The van der Waals surface area contributed by atoms with Crippen LogP contribution in [-0.2, 0) is 5.54 Å². The molecule has 6 nitrogen and oxygen atoms in total. The van der Waals surface area contributed by atoms with E-state index in [0.29, 0.717) is 16.9 Å². The van der Waals surface area contributed by atoms with E-state index in [0.717, 1.165) is 0 Å². The highest BCUT2D eigenvalue weighted by atomic mass is 16.4. The number of benzene rings is 1. The number of carbonyl (C=O) groups is 1. The highest BCUT2D eigenvalue weighted by Gasteiger charge is 2.27. The summed E-state index contributed by atoms with van der Waals surface area (Å²) in [6.07, 6.45) is 0. The molecule has 6 heteroatoms. The smallest absolute Gasteiger partial charge is 0.341 e. The summed E-state index contributed by atoms with van der Waals surface area (Å²) in [7, 11) is 0. The van der Waals surface area contributed by atoms with Gasteiger partial charge in [0, 0.05) is 11.3 Å². The fraction of sp³-hybridized carbons (Fsp3) is 0.286. The lowest BCUT2D eigenvalue weighted by molar-refractivity contribution is 0.0699. The monoisotopic (exact) mass is 274 g/mol. The van der Waals surface area contributed by atoms with Gasteiger partial charge in [-0.3, -0.25) is 0 Å². The Bertz CT molecular complexity index is 651. The molecule has 0 amide bonds. The van der Waals surface area contributed by atoms with Crippen molar-refractivity contribution in [1.82, 2.24) is 9.78 Å². The minimum atomic E-state index is -1.09. The van der Waals surface area contributed by atoms with Gasteiger partial charge in [-0.25, -0.2) is 9.48 Å². The van der Waals surface area contributed by atoms with Crippen molar-refractivity contribution >= 4 is 17.5 Å². The average Bonchev–Trinajstić information content (AvgIpc) is 2.67. The van der Waals surface area contributed by atoms with Crippen LogP contribution in [0.1, 0.15) is 31.1 Å². The first-order valence-corrected chi connectivity index (χ1v) is 6.20. The average molecular weight is 274 g/mol. The number of aromatic carboxylic acids is 1. The lowest BCUT2D eigenvalue weighted by Crippen LogP contribution is -2.25. The van der Waals surface area contributed by atoms with Crippen LogP contribution in [0.4, 0.5) is 11.5 Å². The molecule has 0 aliphatic heterocycles. The van der Waals surface area contributed by atoms with Gasteiger partial charge in [-0.15, -0.1) is 0 Å². The molecule has 0 atom stereocenters. The van der Waals surface area contributed by atoms with Crippen molar-refractivity contribution in [3.63, 3.8) is 0 Å². The van der Waals surface area contributed by atoms with Crippen LogP contribution >= 0.6 is 0 Å². The van der Waals surface area contributed by atoms with Crippen molar-refractivity contribution in [3.05, 3.63) is 29.8 Å². The number of hydrogen-bond acceptors (Lipinski definition) is 4. The lowest BCUT2D eigenvalue weighted by atomic mass is 10.1. The van der Waals surface area contributed by atoms with E-state index in [1.54, 1.807) is 24.3 Å². The number of nitrogen functional groups attached to an aromatic ring is 2. The van der Waals surface area contributed by atoms with E-state index in [1.165, 1.54) is 4.68 Å². The highest BCUT2D eigenvalue weighted by molar-refractivity contribution is 5.99. The molecule has 0 radical (unpaired) electrons. The molecular weight excluding hydrogens is 256 g/mol. The third kappa shape index (κ3) is 2.32. The second kappa shape index (κ2) is 4.56. The van der Waals surface area contributed by atoms with Crippen molar-refractivity contribution in [1.29, 1.82) is 0 Å². The van der Waals surface area contributed by atoms with Crippen LogP contribution in [0, 0.1) is 0 Å². The maximum Gasteiger partial charge on any atom is 0.341 e. The molecule has 0 aliphatic carbocycles. The molecule has 20 heavy (non-hydrogen) atoms. The van der Waals surface area contributed by atoms with Gasteiger partial charge in [0.15, 0.2) is 0 Å². The first kappa shape index (κ1) is 13.9. The molecule has 2 rings (SSSR count). The van der Waals surface area contributed by atoms with Crippen LogP contribution in [0.2, 0.25) is 0 Å². The van der Waals surface area contributed by atoms with Crippen LogP contribution in [0.15, 0.2) is 24.3 Å². The Morgan fingerprint density at radius 3 is 2.20 bits per heavy atom. The molecule has 1 aromatic carbocycles. The van der Waals surface area contributed by atoms with E-state index < -0.39 is 11.5 Å². The Morgan fingerprint density at radius 1 is 1.20 bits per heavy atom. The van der Waals surface area contributed by atoms with E-state index in [4.69, 9.17) is 11.5 Å². The van der Waals surface area contributed by atoms with Gasteiger partial charge in [0.2, 0.25) is 0 Å². The maximum atomic E-state index is 11.5. The second-order valence-corrected chi connectivity index (χ2v) is 5.62. The number of nitrogens with zero attached hydrogens (tertiary/aromatic N) is 2. The highest BCUT2D eigenvalue weighted by Crippen LogP contribution is 2.31. The predicted octanol–water partition coefficient (Wildman–Crippen LogP) is 2.17. The van der Waals surface area contributed by atoms with Crippen molar-refractivity contribution in [2.75, 3.05) is 11.5 Å². The maximum absolute atomic E-state index is 11.5. The number of carboxylic acids is 1. The van der Waals surface area contributed by atoms with E-state index in [-0.39, 0.29) is 11.4 Å². The molecule has 5 N–H and O–H groups in total. The Morgan fingerprint density at radius 2 is 1.75 bits per heavy atom. The molecule has 0 fully saturated rings. The minimum Gasteiger partial charge on any atom is -0.477 e. The Hall–Kier alpha value is -2.50. The largest absolute Gasteiger partial charge is 0.477 e. The van der Waals surface area contributed by atoms with E-state index in [9.17, 15) is 9.90 Å². The van der Waals surface area contributed by atoms with Crippen LogP contribution in [0.3, 0.4) is 0 Å². The van der Waals surface area contributed by atoms with Crippen LogP contribution in [0.25, 0.3) is 11.3 Å². The zero-order valence-corrected chi connectivity index (χ0v) is 11.7. The zero-order chi connectivity index (χ0) is 15.1. The number of hydrogen-bond donors (Lipinski definition) is 3. The zero-order valence-electron chi connectivity index (χ0n) is 11.7. The summed E-state index contributed by atoms with van der Waals surface area (Å²) in [5.74, 6) is -0.943. The second-order valence-electron chi connectivity index (χ2n) is 5.62. The fourth-order valence-corrected chi connectivity index (χ4v) is 2.00. The molecule has 1 heterocycles. The number of aromatic nitrogens is 2. The first-order valence-electron chi connectivity index (χ1n) is 6.20. The molecule has 1 aromatic heterocycles. The van der Waals surface area contributed by atoms with Crippen molar-refractivity contribution in [2.24, 2.45) is 0 Å². The van der Waals surface area contributed by atoms with E-state index >= 15 is 0 Å². The van der Waals surface area contributed by atoms with Crippen LogP contribution in [-0.4, -0.2) is 20.9 Å². The standard InChI is InChI=1S/C14H18N4O2/c1-14(2,3)18-12(16)10(13(19)20)11(17-18)8-4-6-9(15)7-5-8/h4-7H,15-16H2,1-3H3,(H,19,20). The minimum absolute atomic E-state index is 0.0182. The summed E-state index contributed by atoms with van der Waals surface area (Å²) in [6, 6.07) is 6.87. The number of nitrogens with two attached hydrogens (primary N) is 2. The van der Waals surface area contributed by atoms with E-state index in [2.05, 4.69) is 5.10 Å². The van der Waals surface area contributed by atoms with Crippen LogP contribution < -0.4 is 11.5 Å². The Kier molecular flexibility index (Phi) is 3.17. The Balaban J connectivity index is 2.69. The van der Waals surface area contributed by atoms with Gasteiger partial charge in [-0.2, -0.15) is 5.10 Å². The molecule has 0 spiro atoms. The molecule has 0 saturated heterocycles. The summed E-state index contributed by atoms with van der Waals surface area (Å²) < 4.78 is 1.53. The third-order valence-electron chi connectivity index (χ3n) is 2.95. The van der Waals surface area contributed by atoms with Gasteiger partial charge in [0.05, 0.1) is 5.54 Å². The summed E-state index contributed by atoms with van der Waals surface area (Å²) >= 11 is 0. The van der Waals surface area contributed by atoms with Crippen molar-refractivity contribution < 1.29 is 9.90 Å². The topological polar surface area (TPSA) is 107 Å². The number of anilines is 2. The fourth-order valence-electron chi connectivity index (χ4n) is 2.00. The predicted molar refractivity (Wildman–Crippen MR) is 78.4 cm³/mol. The van der Waals surface area contributed by atoms with Gasteiger partial charge in [-0.1, -0.05) is 12.1 Å². The SMILES string of the molecule is CC(C)(C)n1nc(-c2ccc(N)cc2)c(C(=O)O)c1N. The molecule has 2 aromatic rings. The number of carboxylic acid groups (broad SMARTS) is 1. The van der Waals surface area contributed by atoms with Crippen molar-refractivity contribution in [2.45, 2.75) is 26.3 Å². The molecule has 0 bridgehead atoms. The quantitative estimate of drug-likeness (QED) is 0.727. The van der Waals surface area contributed by atoms with Gasteiger partial charge < -0.3 is 16.6 Å². The van der Waals surface area contributed by atoms with Crippen molar-refractivity contribution in [3.8, 4) is 11.3 Å². The van der Waals surface area contributed by atoms with Gasteiger partial charge >= 0.3 is 5.97 Å². The summed E-state index contributed by atoms with van der Waals surface area (Å²) in [4.78, 5) is 11.5. The Labute approximate surface area is 117 Å². The summed E-state index contributed by atoms with van der Waals surface area (Å²) in [5.41, 5.74) is 12.8.